The molecule has 1 N–H and O–H groups in total. The van der Waals surface area contributed by atoms with Crippen molar-refractivity contribution in [2.24, 2.45) is 0 Å². The van der Waals surface area contributed by atoms with Crippen LogP contribution < -0.4 is 0 Å². The monoisotopic (exact) mass is 358 g/mol. The Balaban J connectivity index is 1.75. The molecule has 0 atom stereocenters. The third-order valence-electron chi connectivity index (χ3n) is 3.86. The molecule has 0 unspecified atom stereocenters. The molecule has 136 valence electrons. The number of ether oxygens (including phenoxy) is 3. The summed E-state index contributed by atoms with van der Waals surface area (Å²) in [6.07, 6.45) is 0.810. The molecule has 2 aromatic rings. The second kappa shape index (κ2) is 7.99. The van der Waals surface area contributed by atoms with E-state index in [0.29, 0.717) is 25.4 Å². The SMILES string of the molecule is COC(=O)C(O)=CC(=O)c1ccc(Cc2ccccc2C2OCCO2)o1. The van der Waals surface area contributed by atoms with Crippen LogP contribution in [0.4, 0.5) is 0 Å². The summed E-state index contributed by atoms with van der Waals surface area (Å²) >= 11 is 0. The topological polar surface area (TPSA) is 95.2 Å². The predicted octanol–water partition coefficient (Wildman–Crippen LogP) is 2.71. The van der Waals surface area contributed by atoms with Gasteiger partial charge in [0, 0.05) is 18.1 Å². The first kappa shape index (κ1) is 17.9. The van der Waals surface area contributed by atoms with Crippen LogP contribution in [0.2, 0.25) is 0 Å². The van der Waals surface area contributed by atoms with Gasteiger partial charge in [-0.3, -0.25) is 4.79 Å². The Hall–Kier alpha value is -2.90. The van der Waals surface area contributed by atoms with Crippen LogP contribution in [-0.2, 0) is 25.4 Å². The Labute approximate surface area is 149 Å². The molecule has 1 fully saturated rings. The summed E-state index contributed by atoms with van der Waals surface area (Å²) in [5.74, 6) is -1.83. The minimum Gasteiger partial charge on any atom is -0.502 e. The average Bonchev–Trinajstić information content (AvgIpc) is 3.33. The normalized spacial score (nSPS) is 15.2. The quantitative estimate of drug-likeness (QED) is 0.367. The van der Waals surface area contributed by atoms with Crippen molar-refractivity contribution in [3.63, 3.8) is 0 Å². The number of rotatable bonds is 6. The van der Waals surface area contributed by atoms with Crippen molar-refractivity contribution in [1.82, 2.24) is 0 Å². The molecule has 0 bridgehead atoms. The van der Waals surface area contributed by atoms with Crippen molar-refractivity contribution < 1.29 is 33.3 Å². The zero-order chi connectivity index (χ0) is 18.5. The van der Waals surface area contributed by atoms with Crippen LogP contribution in [-0.4, -0.2) is 37.2 Å². The van der Waals surface area contributed by atoms with Gasteiger partial charge < -0.3 is 23.7 Å². The first-order valence-corrected chi connectivity index (χ1v) is 8.01. The summed E-state index contributed by atoms with van der Waals surface area (Å²) in [7, 11) is 1.11. The maximum Gasteiger partial charge on any atom is 0.373 e. The number of aliphatic hydroxyl groups excluding tert-OH is 1. The second-order valence-electron chi connectivity index (χ2n) is 5.60. The van der Waals surface area contributed by atoms with Gasteiger partial charge >= 0.3 is 5.97 Å². The van der Waals surface area contributed by atoms with Crippen molar-refractivity contribution in [2.75, 3.05) is 20.3 Å². The molecule has 0 amide bonds. The van der Waals surface area contributed by atoms with E-state index in [9.17, 15) is 14.7 Å². The summed E-state index contributed by atoms with van der Waals surface area (Å²) < 4.78 is 21.0. The van der Waals surface area contributed by atoms with Crippen LogP contribution in [0.25, 0.3) is 0 Å². The number of furan rings is 1. The fourth-order valence-electron chi connectivity index (χ4n) is 2.61. The lowest BCUT2D eigenvalue weighted by Gasteiger charge is -2.13. The molecule has 1 aromatic carbocycles. The minimum absolute atomic E-state index is 0.0151. The fraction of sp³-hybridized carbons (Fsp3) is 0.263. The zero-order valence-corrected chi connectivity index (χ0v) is 14.1. The third kappa shape index (κ3) is 4.01. The molecular formula is C19H18O7. The number of ketones is 1. The summed E-state index contributed by atoms with van der Waals surface area (Å²) in [5, 5.41) is 9.45. The Morgan fingerprint density at radius 2 is 1.92 bits per heavy atom. The Bertz CT molecular complexity index is 828. The Morgan fingerprint density at radius 1 is 1.19 bits per heavy atom. The number of esters is 1. The van der Waals surface area contributed by atoms with E-state index in [2.05, 4.69) is 4.74 Å². The minimum atomic E-state index is -0.990. The van der Waals surface area contributed by atoms with E-state index in [4.69, 9.17) is 13.9 Å². The van der Waals surface area contributed by atoms with Gasteiger partial charge in [0.2, 0.25) is 11.5 Å². The highest BCUT2D eigenvalue weighted by molar-refractivity contribution is 6.06. The van der Waals surface area contributed by atoms with Gasteiger partial charge in [0.1, 0.15) is 5.76 Å². The predicted molar refractivity (Wildman–Crippen MR) is 89.7 cm³/mol. The van der Waals surface area contributed by atoms with Crippen molar-refractivity contribution >= 4 is 11.8 Å². The second-order valence-corrected chi connectivity index (χ2v) is 5.60. The van der Waals surface area contributed by atoms with E-state index in [1.807, 2.05) is 24.3 Å². The molecule has 7 nitrogen and oxygen atoms in total. The number of aliphatic hydroxyl groups is 1. The van der Waals surface area contributed by atoms with E-state index >= 15 is 0 Å². The van der Waals surface area contributed by atoms with E-state index in [-0.39, 0.29) is 5.76 Å². The van der Waals surface area contributed by atoms with Crippen LogP contribution in [0, 0.1) is 0 Å². The van der Waals surface area contributed by atoms with Crippen LogP contribution in [0.5, 0.6) is 0 Å². The first-order chi connectivity index (χ1) is 12.6. The lowest BCUT2D eigenvalue weighted by Crippen LogP contribution is -2.06. The average molecular weight is 358 g/mol. The zero-order valence-electron chi connectivity index (χ0n) is 14.1. The molecule has 0 spiro atoms. The molecular weight excluding hydrogens is 340 g/mol. The van der Waals surface area contributed by atoms with Crippen molar-refractivity contribution in [2.45, 2.75) is 12.7 Å². The van der Waals surface area contributed by atoms with Crippen LogP contribution in [0.15, 0.2) is 52.7 Å². The van der Waals surface area contributed by atoms with Crippen LogP contribution in [0.3, 0.4) is 0 Å². The third-order valence-corrected chi connectivity index (χ3v) is 3.86. The fourth-order valence-corrected chi connectivity index (χ4v) is 2.61. The number of carbonyl (C=O) groups is 2. The molecule has 1 aromatic heterocycles. The first-order valence-electron chi connectivity index (χ1n) is 8.01. The van der Waals surface area contributed by atoms with E-state index < -0.39 is 23.8 Å². The molecule has 3 rings (SSSR count). The Morgan fingerprint density at radius 3 is 2.65 bits per heavy atom. The number of methoxy groups -OCH3 is 1. The summed E-state index contributed by atoms with van der Waals surface area (Å²) in [6.45, 7) is 1.10. The van der Waals surface area contributed by atoms with Crippen LogP contribution >= 0.6 is 0 Å². The highest BCUT2D eigenvalue weighted by Gasteiger charge is 2.22. The summed E-state index contributed by atoms with van der Waals surface area (Å²) in [5.41, 5.74) is 1.87. The molecule has 0 saturated carbocycles. The maximum absolute atomic E-state index is 12.0. The molecule has 2 heterocycles. The lowest BCUT2D eigenvalue weighted by molar-refractivity contribution is -0.139. The highest BCUT2D eigenvalue weighted by atomic mass is 16.7. The van der Waals surface area contributed by atoms with Crippen molar-refractivity contribution in [1.29, 1.82) is 0 Å². The van der Waals surface area contributed by atoms with Crippen molar-refractivity contribution in [3.8, 4) is 0 Å². The molecule has 0 aliphatic carbocycles. The van der Waals surface area contributed by atoms with Gasteiger partial charge in [0.25, 0.3) is 0 Å². The largest absolute Gasteiger partial charge is 0.502 e. The number of benzene rings is 1. The van der Waals surface area contributed by atoms with Crippen molar-refractivity contribution in [3.05, 3.63) is 70.9 Å². The van der Waals surface area contributed by atoms with Gasteiger partial charge in [-0.1, -0.05) is 24.3 Å². The molecule has 1 aliphatic rings. The van der Waals surface area contributed by atoms with Gasteiger partial charge in [-0.15, -0.1) is 0 Å². The van der Waals surface area contributed by atoms with Gasteiger partial charge in [0.05, 0.1) is 20.3 Å². The number of carbonyl (C=O) groups excluding carboxylic acids is 2. The standard InChI is InChI=1S/C19H18O7/c1-23-18(22)16(21)11-15(20)17-7-6-13(26-17)10-12-4-2-3-5-14(12)19-24-8-9-25-19/h2-7,11,19,21H,8-10H2,1H3. The molecule has 1 aliphatic heterocycles. The maximum atomic E-state index is 12.0. The van der Waals surface area contributed by atoms with E-state index in [1.165, 1.54) is 6.07 Å². The summed E-state index contributed by atoms with van der Waals surface area (Å²) in [4.78, 5) is 23.2. The highest BCUT2D eigenvalue weighted by Crippen LogP contribution is 2.28. The summed E-state index contributed by atoms with van der Waals surface area (Å²) in [6, 6.07) is 10.8. The number of hydrogen-bond donors (Lipinski definition) is 1. The smallest absolute Gasteiger partial charge is 0.373 e. The van der Waals surface area contributed by atoms with E-state index in [1.54, 1.807) is 6.07 Å². The molecule has 7 heteroatoms. The number of hydrogen-bond acceptors (Lipinski definition) is 7. The van der Waals surface area contributed by atoms with Gasteiger partial charge in [-0.05, 0) is 17.7 Å². The molecule has 0 radical (unpaired) electrons. The van der Waals surface area contributed by atoms with E-state index in [0.717, 1.165) is 24.3 Å². The van der Waals surface area contributed by atoms with Gasteiger partial charge in [-0.2, -0.15) is 0 Å². The van der Waals surface area contributed by atoms with Gasteiger partial charge in [-0.25, -0.2) is 4.79 Å². The molecule has 26 heavy (non-hydrogen) atoms. The van der Waals surface area contributed by atoms with Gasteiger partial charge in [0.15, 0.2) is 12.1 Å². The Kier molecular flexibility index (Phi) is 5.50. The molecule has 1 saturated heterocycles. The number of allylic oxidation sites excluding steroid dienone is 1. The van der Waals surface area contributed by atoms with Crippen LogP contribution in [0.1, 0.15) is 33.7 Å². The lowest BCUT2D eigenvalue weighted by atomic mass is 10.0.